The number of carbonyl (C=O) groups is 1. The van der Waals surface area contributed by atoms with E-state index >= 15 is 0 Å². The van der Waals surface area contributed by atoms with E-state index in [0.717, 1.165) is 5.56 Å². The first-order chi connectivity index (χ1) is 13.1. The Morgan fingerprint density at radius 1 is 0.964 bits per heavy atom. The van der Waals surface area contributed by atoms with E-state index in [1.54, 1.807) is 4.90 Å². The zero-order chi connectivity index (χ0) is 20.5. The summed E-state index contributed by atoms with van der Waals surface area (Å²) in [5.41, 5.74) is 0.323. The number of morpholine rings is 1. The maximum absolute atomic E-state index is 13.1. The molecule has 0 saturated carbocycles. The highest BCUT2D eigenvalue weighted by atomic mass is 32.2. The number of amides is 1. The van der Waals surface area contributed by atoms with Crippen LogP contribution in [0.25, 0.3) is 0 Å². The lowest BCUT2D eigenvalue weighted by Gasteiger charge is -2.41. The van der Waals surface area contributed by atoms with E-state index in [1.807, 2.05) is 58.0 Å². The van der Waals surface area contributed by atoms with Crippen molar-refractivity contribution in [2.75, 3.05) is 39.3 Å². The first-order valence-corrected chi connectivity index (χ1v) is 11.3. The molecule has 3 rings (SSSR count). The molecular weight excluding hydrogens is 378 g/mol. The Bertz CT molecular complexity index is 779. The van der Waals surface area contributed by atoms with Gasteiger partial charge in [-0.05, 0) is 33.3 Å². The zero-order valence-corrected chi connectivity index (χ0v) is 18.0. The van der Waals surface area contributed by atoms with E-state index in [1.165, 1.54) is 8.61 Å². The van der Waals surface area contributed by atoms with E-state index < -0.39 is 15.6 Å². The van der Waals surface area contributed by atoms with Gasteiger partial charge in [0, 0.05) is 39.3 Å². The number of nitrogens with zero attached hydrogens (tertiary/aromatic N) is 3. The highest BCUT2D eigenvalue weighted by Gasteiger charge is 2.39. The normalized spacial score (nSPS) is 25.6. The Labute approximate surface area is 168 Å². The fourth-order valence-electron chi connectivity index (χ4n) is 3.98. The molecule has 8 heteroatoms. The maximum Gasteiger partial charge on any atom is 0.282 e. The van der Waals surface area contributed by atoms with Gasteiger partial charge in [-0.2, -0.15) is 17.0 Å². The summed E-state index contributed by atoms with van der Waals surface area (Å²) < 4.78 is 34.7. The molecule has 0 aliphatic carbocycles. The molecule has 2 saturated heterocycles. The minimum absolute atomic E-state index is 0.0318. The monoisotopic (exact) mass is 409 g/mol. The second kappa shape index (κ2) is 8.10. The molecule has 2 atom stereocenters. The van der Waals surface area contributed by atoms with E-state index in [2.05, 4.69) is 0 Å². The van der Waals surface area contributed by atoms with Crippen LogP contribution in [0.5, 0.6) is 0 Å². The first-order valence-electron chi connectivity index (χ1n) is 9.88. The molecule has 0 radical (unpaired) electrons. The van der Waals surface area contributed by atoms with Crippen molar-refractivity contribution < 1.29 is 17.9 Å². The third kappa shape index (κ3) is 4.25. The zero-order valence-electron chi connectivity index (χ0n) is 17.2. The van der Waals surface area contributed by atoms with Crippen molar-refractivity contribution in [3.63, 3.8) is 0 Å². The first kappa shape index (κ1) is 21.2. The predicted octanol–water partition coefficient (Wildman–Crippen LogP) is 1.46. The molecule has 2 heterocycles. The van der Waals surface area contributed by atoms with Gasteiger partial charge in [0.05, 0.1) is 17.6 Å². The van der Waals surface area contributed by atoms with Crippen molar-refractivity contribution in [2.45, 2.75) is 45.3 Å². The second-order valence-corrected chi connectivity index (χ2v) is 10.2. The minimum Gasteiger partial charge on any atom is -0.373 e. The van der Waals surface area contributed by atoms with Crippen molar-refractivity contribution in [3.8, 4) is 0 Å². The lowest BCUT2D eigenvalue weighted by atomic mass is 9.83. The molecule has 2 fully saturated rings. The Balaban J connectivity index is 1.65. The molecule has 28 heavy (non-hydrogen) atoms. The van der Waals surface area contributed by atoms with Gasteiger partial charge < -0.3 is 9.64 Å². The SMILES string of the molecule is CC1CN(S(=O)(=O)N2CCN(C(=O)C(C)(C)c3ccccc3)CC2)CC(C)O1. The van der Waals surface area contributed by atoms with Crippen LogP contribution in [-0.2, 0) is 25.2 Å². The summed E-state index contributed by atoms with van der Waals surface area (Å²) in [4.78, 5) is 14.9. The Hall–Kier alpha value is -1.48. The number of benzene rings is 1. The Kier molecular flexibility index (Phi) is 6.14. The summed E-state index contributed by atoms with van der Waals surface area (Å²) in [5.74, 6) is 0.0318. The van der Waals surface area contributed by atoms with Gasteiger partial charge in [0.2, 0.25) is 5.91 Å². The van der Waals surface area contributed by atoms with Crippen LogP contribution in [0.2, 0.25) is 0 Å². The molecule has 1 amide bonds. The standard InChI is InChI=1S/C20H31N3O4S/c1-16-14-23(15-17(2)27-16)28(25,26)22-12-10-21(11-13-22)19(24)20(3,4)18-8-6-5-7-9-18/h5-9,16-17H,10-15H2,1-4H3. The smallest absolute Gasteiger partial charge is 0.282 e. The summed E-state index contributed by atoms with van der Waals surface area (Å²) in [5, 5.41) is 0. The van der Waals surface area contributed by atoms with Crippen LogP contribution >= 0.6 is 0 Å². The van der Waals surface area contributed by atoms with Crippen LogP contribution in [0.15, 0.2) is 30.3 Å². The van der Waals surface area contributed by atoms with Crippen LogP contribution in [-0.4, -0.2) is 79.3 Å². The lowest BCUT2D eigenvalue weighted by Crippen LogP contribution is -2.59. The number of rotatable bonds is 4. The quantitative estimate of drug-likeness (QED) is 0.755. The van der Waals surface area contributed by atoms with Gasteiger partial charge in [0.25, 0.3) is 10.2 Å². The molecule has 2 aliphatic heterocycles. The number of carbonyl (C=O) groups excluding carboxylic acids is 1. The van der Waals surface area contributed by atoms with Crippen molar-refractivity contribution >= 4 is 16.1 Å². The molecule has 1 aromatic carbocycles. The third-order valence-electron chi connectivity index (χ3n) is 5.59. The Morgan fingerprint density at radius 2 is 1.50 bits per heavy atom. The summed E-state index contributed by atoms with van der Waals surface area (Å²) >= 11 is 0. The van der Waals surface area contributed by atoms with E-state index in [0.29, 0.717) is 39.3 Å². The summed E-state index contributed by atoms with van der Waals surface area (Å²) in [7, 11) is -3.54. The fourth-order valence-corrected chi connectivity index (χ4v) is 5.73. The van der Waals surface area contributed by atoms with Crippen LogP contribution in [0.4, 0.5) is 0 Å². The topological polar surface area (TPSA) is 70.2 Å². The molecule has 0 bridgehead atoms. The Morgan fingerprint density at radius 3 is 2.04 bits per heavy atom. The molecule has 2 aliphatic rings. The average molecular weight is 410 g/mol. The van der Waals surface area contributed by atoms with Gasteiger partial charge in [-0.15, -0.1) is 0 Å². The molecular formula is C20H31N3O4S. The summed E-state index contributed by atoms with van der Waals surface area (Å²) in [6.07, 6.45) is -0.235. The summed E-state index contributed by atoms with van der Waals surface area (Å²) in [6.45, 7) is 9.81. The van der Waals surface area contributed by atoms with Gasteiger partial charge in [0.1, 0.15) is 0 Å². The van der Waals surface area contributed by atoms with Gasteiger partial charge >= 0.3 is 0 Å². The highest BCUT2D eigenvalue weighted by molar-refractivity contribution is 7.86. The maximum atomic E-state index is 13.1. The van der Waals surface area contributed by atoms with Crippen molar-refractivity contribution in [2.24, 2.45) is 0 Å². The number of ether oxygens (including phenoxy) is 1. The molecule has 1 aromatic rings. The highest BCUT2D eigenvalue weighted by Crippen LogP contribution is 2.27. The van der Waals surface area contributed by atoms with E-state index in [-0.39, 0.29) is 18.1 Å². The van der Waals surface area contributed by atoms with Crippen molar-refractivity contribution in [3.05, 3.63) is 35.9 Å². The molecule has 156 valence electrons. The predicted molar refractivity (Wildman–Crippen MR) is 108 cm³/mol. The lowest BCUT2D eigenvalue weighted by molar-refractivity contribution is -0.137. The molecule has 0 spiro atoms. The van der Waals surface area contributed by atoms with Crippen LogP contribution in [0.3, 0.4) is 0 Å². The average Bonchev–Trinajstić information content (AvgIpc) is 2.67. The van der Waals surface area contributed by atoms with Gasteiger partial charge in [-0.1, -0.05) is 30.3 Å². The van der Waals surface area contributed by atoms with E-state index in [9.17, 15) is 13.2 Å². The fraction of sp³-hybridized carbons (Fsp3) is 0.650. The number of hydrogen-bond donors (Lipinski definition) is 0. The number of hydrogen-bond acceptors (Lipinski definition) is 4. The van der Waals surface area contributed by atoms with Crippen molar-refractivity contribution in [1.29, 1.82) is 0 Å². The summed E-state index contributed by atoms with van der Waals surface area (Å²) in [6, 6.07) is 9.71. The van der Waals surface area contributed by atoms with E-state index in [4.69, 9.17) is 4.74 Å². The number of piperazine rings is 1. The van der Waals surface area contributed by atoms with Crippen molar-refractivity contribution in [1.82, 2.24) is 13.5 Å². The van der Waals surface area contributed by atoms with Crippen LogP contribution < -0.4 is 0 Å². The third-order valence-corrected chi connectivity index (χ3v) is 7.56. The molecule has 0 N–H and O–H groups in total. The molecule has 7 nitrogen and oxygen atoms in total. The molecule has 0 aromatic heterocycles. The minimum atomic E-state index is -3.54. The largest absolute Gasteiger partial charge is 0.373 e. The van der Waals surface area contributed by atoms with Gasteiger partial charge in [-0.25, -0.2) is 0 Å². The van der Waals surface area contributed by atoms with Gasteiger partial charge in [-0.3, -0.25) is 4.79 Å². The van der Waals surface area contributed by atoms with Gasteiger partial charge in [0.15, 0.2) is 0 Å². The van der Waals surface area contributed by atoms with Crippen LogP contribution in [0, 0.1) is 0 Å². The molecule has 2 unspecified atom stereocenters. The van der Waals surface area contributed by atoms with Crippen LogP contribution in [0.1, 0.15) is 33.3 Å². The second-order valence-electron chi connectivity index (χ2n) is 8.26.